The molecular weight excluding hydrogens is 320 g/mol. The lowest BCUT2D eigenvalue weighted by Gasteiger charge is -2.11. The molecule has 7 heteroatoms. The molecule has 0 spiro atoms. The largest absolute Gasteiger partial charge is 0.383 e. The van der Waals surface area contributed by atoms with E-state index in [-0.39, 0.29) is 18.0 Å². The Morgan fingerprint density at radius 1 is 1.20 bits per heavy atom. The van der Waals surface area contributed by atoms with E-state index in [0.717, 1.165) is 5.39 Å². The van der Waals surface area contributed by atoms with Crippen molar-refractivity contribution in [3.05, 3.63) is 70.4 Å². The molecule has 25 heavy (non-hydrogen) atoms. The van der Waals surface area contributed by atoms with Crippen LogP contribution >= 0.6 is 0 Å². The lowest BCUT2D eigenvalue weighted by atomic mass is 10.1. The number of rotatable bonds is 6. The predicted molar refractivity (Wildman–Crippen MR) is 93.3 cm³/mol. The molecule has 0 saturated heterocycles. The quantitative estimate of drug-likeness (QED) is 0.733. The number of amides is 1. The summed E-state index contributed by atoms with van der Waals surface area (Å²) in [6.45, 7) is 0.942. The summed E-state index contributed by atoms with van der Waals surface area (Å²) in [5.41, 5.74) is 0.929. The molecule has 0 bridgehead atoms. The second-order valence-electron chi connectivity index (χ2n) is 5.44. The van der Waals surface area contributed by atoms with Gasteiger partial charge in [-0.05, 0) is 18.2 Å². The Morgan fingerprint density at radius 2 is 2.00 bits per heavy atom. The van der Waals surface area contributed by atoms with Crippen molar-refractivity contribution in [3.63, 3.8) is 0 Å². The smallest absolute Gasteiger partial charge is 0.274 e. The minimum atomic E-state index is -0.242. The summed E-state index contributed by atoms with van der Waals surface area (Å²) in [6.07, 6.45) is 3.11. The lowest BCUT2D eigenvalue weighted by Crippen LogP contribution is -2.29. The summed E-state index contributed by atoms with van der Waals surface area (Å²) in [7, 11) is 1.57. The standard InChI is InChI=1S/C18H18N4O3/c1-25-10-9-22-18(24)15-7-3-2-6-14(15)16(21-22)12-20-17(23)13-5-4-8-19-11-13/h2-8,11H,9-10,12H2,1H3,(H,20,23). The van der Waals surface area contributed by atoms with Gasteiger partial charge in [0.2, 0.25) is 0 Å². The monoisotopic (exact) mass is 338 g/mol. The molecule has 7 nitrogen and oxygen atoms in total. The van der Waals surface area contributed by atoms with Gasteiger partial charge >= 0.3 is 0 Å². The average molecular weight is 338 g/mol. The Kier molecular flexibility index (Phi) is 5.15. The number of ether oxygens (including phenoxy) is 1. The van der Waals surface area contributed by atoms with Crippen molar-refractivity contribution in [3.8, 4) is 0 Å². The maximum Gasteiger partial charge on any atom is 0.274 e. The Hall–Kier alpha value is -3.06. The van der Waals surface area contributed by atoms with Crippen molar-refractivity contribution in [2.24, 2.45) is 0 Å². The first-order chi connectivity index (χ1) is 12.2. The molecule has 2 heterocycles. The number of hydrogen-bond donors (Lipinski definition) is 1. The van der Waals surface area contributed by atoms with Crippen LogP contribution in [0.25, 0.3) is 10.8 Å². The van der Waals surface area contributed by atoms with Gasteiger partial charge in [-0.25, -0.2) is 4.68 Å². The Balaban J connectivity index is 1.91. The van der Waals surface area contributed by atoms with Crippen LogP contribution in [0.1, 0.15) is 16.1 Å². The van der Waals surface area contributed by atoms with Crippen molar-refractivity contribution in [1.82, 2.24) is 20.1 Å². The molecule has 0 fully saturated rings. The minimum Gasteiger partial charge on any atom is -0.383 e. The maximum absolute atomic E-state index is 12.5. The van der Waals surface area contributed by atoms with Gasteiger partial charge < -0.3 is 10.1 Å². The van der Waals surface area contributed by atoms with Gasteiger partial charge in [0.15, 0.2) is 0 Å². The van der Waals surface area contributed by atoms with Crippen LogP contribution in [0, 0.1) is 0 Å². The highest BCUT2D eigenvalue weighted by Crippen LogP contribution is 2.13. The number of pyridine rings is 1. The van der Waals surface area contributed by atoms with E-state index in [9.17, 15) is 9.59 Å². The summed E-state index contributed by atoms with van der Waals surface area (Å²) in [4.78, 5) is 28.6. The summed E-state index contributed by atoms with van der Waals surface area (Å²) in [5.74, 6) is -0.242. The number of fused-ring (bicyclic) bond motifs is 1. The zero-order valence-electron chi connectivity index (χ0n) is 13.8. The molecule has 0 radical (unpaired) electrons. The van der Waals surface area contributed by atoms with Gasteiger partial charge in [-0.1, -0.05) is 18.2 Å². The summed E-state index contributed by atoms with van der Waals surface area (Å²) < 4.78 is 6.40. The second-order valence-corrected chi connectivity index (χ2v) is 5.44. The van der Waals surface area contributed by atoms with Crippen molar-refractivity contribution in [2.45, 2.75) is 13.1 Å². The van der Waals surface area contributed by atoms with Crippen molar-refractivity contribution in [2.75, 3.05) is 13.7 Å². The first-order valence-corrected chi connectivity index (χ1v) is 7.86. The van der Waals surface area contributed by atoms with Crippen LogP contribution in [0.3, 0.4) is 0 Å². The number of nitrogens with one attached hydrogen (secondary N) is 1. The summed E-state index contributed by atoms with van der Waals surface area (Å²) in [6, 6.07) is 10.6. The molecule has 0 aliphatic rings. The molecule has 3 rings (SSSR count). The van der Waals surface area contributed by atoms with E-state index in [4.69, 9.17) is 4.74 Å². The van der Waals surface area contributed by atoms with Crippen LogP contribution in [-0.2, 0) is 17.8 Å². The third kappa shape index (κ3) is 3.72. The zero-order valence-corrected chi connectivity index (χ0v) is 13.8. The van der Waals surface area contributed by atoms with Crippen LogP contribution < -0.4 is 10.9 Å². The highest BCUT2D eigenvalue weighted by molar-refractivity contribution is 5.94. The van der Waals surface area contributed by atoms with E-state index >= 15 is 0 Å². The van der Waals surface area contributed by atoms with Crippen LogP contribution in [0.4, 0.5) is 0 Å². The van der Waals surface area contributed by atoms with E-state index in [1.165, 1.54) is 10.9 Å². The van der Waals surface area contributed by atoms with Gasteiger partial charge in [0.1, 0.15) is 0 Å². The molecule has 0 unspecified atom stereocenters. The third-order valence-corrected chi connectivity index (χ3v) is 3.79. The van der Waals surface area contributed by atoms with Crippen LogP contribution in [0.15, 0.2) is 53.6 Å². The van der Waals surface area contributed by atoms with E-state index in [1.807, 2.05) is 18.2 Å². The molecule has 0 saturated carbocycles. The average Bonchev–Trinajstić information content (AvgIpc) is 2.67. The topological polar surface area (TPSA) is 86.1 Å². The Morgan fingerprint density at radius 3 is 2.72 bits per heavy atom. The normalized spacial score (nSPS) is 10.8. The predicted octanol–water partition coefficient (Wildman–Crippen LogP) is 1.37. The van der Waals surface area contributed by atoms with Gasteiger partial charge in [-0.3, -0.25) is 14.6 Å². The fraction of sp³-hybridized carbons (Fsp3) is 0.222. The fourth-order valence-corrected chi connectivity index (χ4v) is 2.53. The number of carbonyl (C=O) groups is 1. The number of carbonyl (C=O) groups excluding carboxylic acids is 1. The molecule has 128 valence electrons. The van der Waals surface area contributed by atoms with Gasteiger partial charge in [-0.2, -0.15) is 5.10 Å². The molecule has 2 aromatic heterocycles. The molecule has 0 aliphatic heterocycles. The van der Waals surface area contributed by atoms with Gasteiger partial charge in [0.05, 0.1) is 36.3 Å². The Labute approximate surface area is 144 Å². The molecule has 1 N–H and O–H groups in total. The van der Waals surface area contributed by atoms with Crippen LogP contribution in [0.2, 0.25) is 0 Å². The molecular formula is C18H18N4O3. The van der Waals surface area contributed by atoms with E-state index in [2.05, 4.69) is 15.4 Å². The summed E-state index contributed by atoms with van der Waals surface area (Å²) >= 11 is 0. The third-order valence-electron chi connectivity index (χ3n) is 3.79. The number of benzene rings is 1. The lowest BCUT2D eigenvalue weighted by molar-refractivity contribution is 0.0950. The highest BCUT2D eigenvalue weighted by atomic mass is 16.5. The number of nitrogens with zero attached hydrogens (tertiary/aromatic N) is 3. The van der Waals surface area contributed by atoms with Crippen LogP contribution in [-0.4, -0.2) is 34.4 Å². The highest BCUT2D eigenvalue weighted by Gasteiger charge is 2.12. The SMILES string of the molecule is COCCn1nc(CNC(=O)c2cccnc2)c2ccccc2c1=O. The minimum absolute atomic E-state index is 0.171. The zero-order chi connectivity index (χ0) is 17.6. The number of aromatic nitrogens is 3. The Bertz CT molecular complexity index is 938. The summed E-state index contributed by atoms with van der Waals surface area (Å²) in [5, 5.41) is 8.52. The molecule has 3 aromatic rings. The number of hydrogen-bond acceptors (Lipinski definition) is 5. The van der Waals surface area contributed by atoms with Crippen LogP contribution in [0.5, 0.6) is 0 Å². The van der Waals surface area contributed by atoms with E-state index in [0.29, 0.717) is 29.8 Å². The first kappa shape index (κ1) is 16.8. The number of methoxy groups -OCH3 is 1. The van der Waals surface area contributed by atoms with Gasteiger partial charge in [0.25, 0.3) is 11.5 Å². The van der Waals surface area contributed by atoms with Crippen molar-refractivity contribution in [1.29, 1.82) is 0 Å². The van der Waals surface area contributed by atoms with Crippen molar-refractivity contribution < 1.29 is 9.53 Å². The van der Waals surface area contributed by atoms with Gasteiger partial charge in [-0.15, -0.1) is 0 Å². The van der Waals surface area contributed by atoms with Gasteiger partial charge in [0, 0.05) is 24.9 Å². The molecule has 0 atom stereocenters. The molecule has 1 aromatic carbocycles. The fourth-order valence-electron chi connectivity index (χ4n) is 2.53. The van der Waals surface area contributed by atoms with E-state index < -0.39 is 0 Å². The van der Waals surface area contributed by atoms with Crippen molar-refractivity contribution >= 4 is 16.7 Å². The molecule has 1 amide bonds. The van der Waals surface area contributed by atoms with E-state index in [1.54, 1.807) is 31.5 Å². The molecule has 0 aliphatic carbocycles. The maximum atomic E-state index is 12.5. The second kappa shape index (κ2) is 7.67. The first-order valence-electron chi connectivity index (χ1n) is 7.86.